The Morgan fingerprint density at radius 1 is 0.826 bits per heavy atom. The molecular weight excluding hydrogens is 292 g/mol. The second-order valence-electron chi connectivity index (χ2n) is 4.91. The van der Waals surface area contributed by atoms with Gasteiger partial charge in [-0.1, -0.05) is 36.4 Å². The van der Waals surface area contributed by atoms with Gasteiger partial charge in [-0.3, -0.25) is 0 Å². The molecule has 0 saturated heterocycles. The third-order valence-electron chi connectivity index (χ3n) is 2.64. The normalized spacial score (nSPS) is 9.57. The van der Waals surface area contributed by atoms with E-state index in [0.29, 0.717) is 17.7 Å². The van der Waals surface area contributed by atoms with Crippen LogP contribution >= 0.6 is 0 Å². The lowest BCUT2D eigenvalue weighted by Crippen LogP contribution is -2.11. The number of ether oxygens (including phenoxy) is 2. The van der Waals surface area contributed by atoms with Gasteiger partial charge in [0.15, 0.2) is 0 Å². The first kappa shape index (κ1) is 18.4. The fourth-order valence-electron chi connectivity index (χ4n) is 1.65. The predicted molar refractivity (Wildman–Crippen MR) is 89.4 cm³/mol. The molecule has 2 aromatic rings. The van der Waals surface area contributed by atoms with Crippen LogP contribution in [-0.2, 0) is 9.47 Å². The largest absolute Gasteiger partial charge is 0.462 e. The summed E-state index contributed by atoms with van der Waals surface area (Å²) in [7, 11) is 0. The summed E-state index contributed by atoms with van der Waals surface area (Å²) >= 11 is 0. The Labute approximate surface area is 137 Å². The number of esters is 2. The second-order valence-corrected chi connectivity index (χ2v) is 4.91. The van der Waals surface area contributed by atoms with Crippen LogP contribution in [0.15, 0.2) is 60.7 Å². The highest BCUT2D eigenvalue weighted by atomic mass is 16.5. The zero-order valence-corrected chi connectivity index (χ0v) is 13.7. The molecule has 2 aromatic carbocycles. The highest BCUT2D eigenvalue weighted by Crippen LogP contribution is 2.03. The standard InChI is InChI=1S/C10H12O2.C9H10O2/c1-8(2)12-10(11)9-6-4-3-5-7-9;1-2-11-9(10)8-6-4-3-5-7-8/h3-8H,1-2H3;3-7H,2H2,1H3. The van der Waals surface area contributed by atoms with Crippen molar-refractivity contribution in [2.75, 3.05) is 6.61 Å². The molecule has 0 heterocycles. The molecule has 0 saturated carbocycles. The Morgan fingerprint density at radius 2 is 1.26 bits per heavy atom. The second kappa shape index (κ2) is 10.2. The topological polar surface area (TPSA) is 52.6 Å². The molecule has 0 amide bonds. The number of carbonyl (C=O) groups excluding carboxylic acids is 2. The van der Waals surface area contributed by atoms with Gasteiger partial charge in [-0.25, -0.2) is 9.59 Å². The van der Waals surface area contributed by atoms with E-state index in [0.717, 1.165) is 0 Å². The number of benzene rings is 2. The zero-order chi connectivity index (χ0) is 17.1. The molecule has 0 bridgehead atoms. The molecule has 4 nitrogen and oxygen atoms in total. The van der Waals surface area contributed by atoms with Crippen LogP contribution in [-0.4, -0.2) is 24.6 Å². The third-order valence-corrected chi connectivity index (χ3v) is 2.64. The van der Waals surface area contributed by atoms with Crippen LogP contribution in [0.3, 0.4) is 0 Å². The van der Waals surface area contributed by atoms with Crippen LogP contribution in [0.4, 0.5) is 0 Å². The Hall–Kier alpha value is -2.62. The van der Waals surface area contributed by atoms with Gasteiger partial charge in [-0.15, -0.1) is 0 Å². The lowest BCUT2D eigenvalue weighted by Gasteiger charge is -2.06. The maximum absolute atomic E-state index is 11.2. The summed E-state index contributed by atoms with van der Waals surface area (Å²) in [5.41, 5.74) is 1.21. The molecule has 23 heavy (non-hydrogen) atoms. The molecule has 0 atom stereocenters. The van der Waals surface area contributed by atoms with Crippen molar-refractivity contribution in [1.29, 1.82) is 0 Å². The molecule has 2 rings (SSSR count). The molecule has 0 aliphatic carbocycles. The molecule has 122 valence electrons. The molecule has 0 N–H and O–H groups in total. The number of hydrogen-bond donors (Lipinski definition) is 0. The SMILES string of the molecule is CC(C)OC(=O)c1ccccc1.CCOC(=O)c1ccccc1. The molecule has 0 fully saturated rings. The van der Waals surface area contributed by atoms with Crippen LogP contribution < -0.4 is 0 Å². The van der Waals surface area contributed by atoms with Gasteiger partial charge in [0.25, 0.3) is 0 Å². The Balaban J connectivity index is 0.000000231. The molecule has 4 heteroatoms. The van der Waals surface area contributed by atoms with Crippen molar-refractivity contribution in [2.45, 2.75) is 26.9 Å². The molecular formula is C19H22O4. The molecule has 0 radical (unpaired) electrons. The minimum atomic E-state index is -0.259. The van der Waals surface area contributed by atoms with Gasteiger partial charge in [-0.05, 0) is 45.0 Å². The van der Waals surface area contributed by atoms with Crippen molar-refractivity contribution in [3.05, 3.63) is 71.8 Å². The first-order valence-electron chi connectivity index (χ1n) is 7.52. The summed E-state index contributed by atoms with van der Waals surface area (Å²) < 4.78 is 9.79. The van der Waals surface area contributed by atoms with Gasteiger partial charge in [0.1, 0.15) is 0 Å². The Kier molecular flexibility index (Phi) is 8.14. The van der Waals surface area contributed by atoms with E-state index in [2.05, 4.69) is 0 Å². The van der Waals surface area contributed by atoms with E-state index in [1.807, 2.05) is 50.2 Å². The lowest BCUT2D eigenvalue weighted by molar-refractivity contribution is 0.0377. The van der Waals surface area contributed by atoms with Crippen molar-refractivity contribution < 1.29 is 19.1 Å². The van der Waals surface area contributed by atoms with Crippen molar-refractivity contribution in [3.63, 3.8) is 0 Å². The quantitative estimate of drug-likeness (QED) is 0.797. The molecule has 0 aliphatic rings. The van der Waals surface area contributed by atoms with Crippen molar-refractivity contribution in [2.24, 2.45) is 0 Å². The van der Waals surface area contributed by atoms with Crippen molar-refractivity contribution in [1.82, 2.24) is 0 Å². The molecule has 0 spiro atoms. The van der Waals surface area contributed by atoms with E-state index in [1.54, 1.807) is 31.2 Å². The highest BCUT2D eigenvalue weighted by Gasteiger charge is 2.06. The van der Waals surface area contributed by atoms with Crippen LogP contribution in [0.5, 0.6) is 0 Å². The van der Waals surface area contributed by atoms with E-state index < -0.39 is 0 Å². The lowest BCUT2D eigenvalue weighted by atomic mass is 10.2. The van der Waals surface area contributed by atoms with E-state index in [-0.39, 0.29) is 18.0 Å². The van der Waals surface area contributed by atoms with Gasteiger partial charge >= 0.3 is 11.9 Å². The van der Waals surface area contributed by atoms with E-state index >= 15 is 0 Å². The number of carbonyl (C=O) groups is 2. The van der Waals surface area contributed by atoms with Crippen LogP contribution in [0, 0.1) is 0 Å². The Morgan fingerprint density at radius 3 is 1.65 bits per heavy atom. The van der Waals surface area contributed by atoms with Gasteiger partial charge in [-0.2, -0.15) is 0 Å². The van der Waals surface area contributed by atoms with Gasteiger partial charge < -0.3 is 9.47 Å². The van der Waals surface area contributed by atoms with E-state index in [1.165, 1.54) is 0 Å². The summed E-state index contributed by atoms with van der Waals surface area (Å²) in [4.78, 5) is 22.3. The number of hydrogen-bond acceptors (Lipinski definition) is 4. The fraction of sp³-hybridized carbons (Fsp3) is 0.263. The minimum Gasteiger partial charge on any atom is -0.462 e. The maximum atomic E-state index is 11.2. The first-order valence-corrected chi connectivity index (χ1v) is 7.52. The third kappa shape index (κ3) is 7.27. The van der Waals surface area contributed by atoms with Crippen LogP contribution in [0.1, 0.15) is 41.5 Å². The minimum absolute atomic E-state index is 0.0577. The highest BCUT2D eigenvalue weighted by molar-refractivity contribution is 5.89. The molecule has 0 aliphatic heterocycles. The fourth-order valence-corrected chi connectivity index (χ4v) is 1.65. The van der Waals surface area contributed by atoms with E-state index in [9.17, 15) is 9.59 Å². The smallest absolute Gasteiger partial charge is 0.338 e. The van der Waals surface area contributed by atoms with Crippen molar-refractivity contribution in [3.8, 4) is 0 Å². The molecule has 0 aromatic heterocycles. The van der Waals surface area contributed by atoms with E-state index in [4.69, 9.17) is 9.47 Å². The van der Waals surface area contributed by atoms with Crippen molar-refractivity contribution >= 4 is 11.9 Å². The first-order chi connectivity index (χ1) is 11.0. The summed E-state index contributed by atoms with van der Waals surface area (Å²) in [6.45, 7) is 5.89. The average Bonchev–Trinajstić information content (AvgIpc) is 2.57. The summed E-state index contributed by atoms with van der Waals surface area (Å²) in [5.74, 6) is -0.515. The van der Waals surface area contributed by atoms with Gasteiger partial charge in [0.05, 0.1) is 23.8 Å². The summed E-state index contributed by atoms with van der Waals surface area (Å²) in [5, 5.41) is 0. The molecule has 0 unspecified atom stereocenters. The van der Waals surface area contributed by atoms with Gasteiger partial charge in [0.2, 0.25) is 0 Å². The number of rotatable bonds is 4. The zero-order valence-electron chi connectivity index (χ0n) is 13.7. The maximum Gasteiger partial charge on any atom is 0.338 e. The monoisotopic (exact) mass is 314 g/mol. The van der Waals surface area contributed by atoms with Crippen LogP contribution in [0.2, 0.25) is 0 Å². The summed E-state index contributed by atoms with van der Waals surface area (Å²) in [6, 6.07) is 17.9. The predicted octanol–water partition coefficient (Wildman–Crippen LogP) is 4.12. The van der Waals surface area contributed by atoms with Crippen LogP contribution in [0.25, 0.3) is 0 Å². The van der Waals surface area contributed by atoms with Gasteiger partial charge in [0, 0.05) is 0 Å². The summed E-state index contributed by atoms with van der Waals surface area (Å²) in [6.07, 6.45) is -0.0577. The Bertz CT molecular complexity index is 591. The average molecular weight is 314 g/mol.